The largest absolute Gasteiger partial charge is 0.459 e. The number of nitrogens with one attached hydrogen (secondary N) is 1. The maximum Gasteiger partial charge on any atom is 0.407 e. The predicted molar refractivity (Wildman–Crippen MR) is 71.0 cm³/mol. The number of aliphatic hydroxyl groups is 1. The lowest BCUT2D eigenvalue weighted by Crippen LogP contribution is -2.46. The van der Waals surface area contributed by atoms with E-state index >= 15 is 0 Å². The van der Waals surface area contributed by atoms with Gasteiger partial charge in [-0.05, 0) is 19.9 Å². The molecule has 0 spiro atoms. The smallest absolute Gasteiger partial charge is 0.407 e. The highest BCUT2D eigenvalue weighted by Gasteiger charge is 2.28. The van der Waals surface area contributed by atoms with E-state index in [1.165, 1.54) is 13.8 Å². The van der Waals surface area contributed by atoms with E-state index in [0.29, 0.717) is 0 Å². The van der Waals surface area contributed by atoms with Gasteiger partial charge in [0.15, 0.2) is 5.78 Å². The Bertz CT molecular complexity index is 413. The minimum absolute atomic E-state index is 0.110. The Morgan fingerprint density at radius 3 is 2.35 bits per heavy atom. The Labute approximate surface area is 117 Å². The summed E-state index contributed by atoms with van der Waals surface area (Å²) >= 11 is 0. The van der Waals surface area contributed by atoms with Crippen molar-refractivity contribution in [3.63, 3.8) is 0 Å². The molecule has 7 nitrogen and oxygen atoms in total. The molecule has 0 saturated heterocycles. The van der Waals surface area contributed by atoms with Crippen LogP contribution in [-0.4, -0.2) is 48.3 Å². The third kappa shape index (κ3) is 6.69. The Balaban J connectivity index is 3.91. The number of ketones is 1. The van der Waals surface area contributed by atoms with Crippen LogP contribution in [0.3, 0.4) is 0 Å². The van der Waals surface area contributed by atoms with Gasteiger partial charge >= 0.3 is 12.1 Å². The average Bonchev–Trinajstić information content (AvgIpc) is 2.39. The van der Waals surface area contributed by atoms with E-state index < -0.39 is 23.4 Å². The molecule has 0 heterocycles. The van der Waals surface area contributed by atoms with Crippen molar-refractivity contribution in [3.8, 4) is 0 Å². The summed E-state index contributed by atoms with van der Waals surface area (Å²) < 4.78 is 9.37. The lowest BCUT2D eigenvalue weighted by Gasteiger charge is -2.20. The lowest BCUT2D eigenvalue weighted by atomic mass is 10.0. The zero-order valence-electron chi connectivity index (χ0n) is 11.6. The zero-order chi connectivity index (χ0) is 15.8. The molecule has 112 valence electrons. The molecule has 0 aromatic rings. The van der Waals surface area contributed by atoms with Crippen molar-refractivity contribution >= 4 is 17.8 Å². The van der Waals surface area contributed by atoms with Crippen molar-refractivity contribution < 1.29 is 29.0 Å². The maximum absolute atomic E-state index is 11.2. The maximum atomic E-state index is 11.2. The van der Waals surface area contributed by atoms with Crippen LogP contribution in [0, 0.1) is 0 Å². The van der Waals surface area contributed by atoms with Gasteiger partial charge in [0.2, 0.25) is 0 Å². The van der Waals surface area contributed by atoms with Gasteiger partial charge in [0, 0.05) is 5.57 Å². The van der Waals surface area contributed by atoms with Crippen LogP contribution in [0.15, 0.2) is 24.8 Å². The fourth-order valence-electron chi connectivity index (χ4n) is 0.994. The SMILES string of the molecule is C=CC(=O)C(C)(O)CNC(=O)OCCOC(=O)C(=C)C. The first kappa shape index (κ1) is 17.8. The fraction of sp³-hybridized carbons (Fsp3) is 0.462. The summed E-state index contributed by atoms with van der Waals surface area (Å²) in [7, 11) is 0. The van der Waals surface area contributed by atoms with E-state index in [1.807, 2.05) is 0 Å². The van der Waals surface area contributed by atoms with Gasteiger partial charge in [-0.3, -0.25) is 4.79 Å². The van der Waals surface area contributed by atoms with E-state index in [0.717, 1.165) is 6.08 Å². The number of carbonyl (C=O) groups is 3. The number of rotatable bonds is 8. The lowest BCUT2D eigenvalue weighted by molar-refractivity contribution is -0.140. The number of carbonyl (C=O) groups excluding carboxylic acids is 3. The number of ether oxygens (including phenoxy) is 2. The third-order valence-corrected chi connectivity index (χ3v) is 2.19. The van der Waals surface area contributed by atoms with E-state index in [2.05, 4.69) is 23.2 Å². The van der Waals surface area contributed by atoms with Gasteiger partial charge in [-0.1, -0.05) is 13.2 Å². The molecule has 1 atom stereocenters. The van der Waals surface area contributed by atoms with E-state index in [9.17, 15) is 19.5 Å². The Morgan fingerprint density at radius 2 is 1.85 bits per heavy atom. The molecule has 0 rings (SSSR count). The van der Waals surface area contributed by atoms with Crippen LogP contribution in [0.5, 0.6) is 0 Å². The van der Waals surface area contributed by atoms with Crippen LogP contribution in [-0.2, 0) is 19.1 Å². The first-order valence-electron chi connectivity index (χ1n) is 5.83. The van der Waals surface area contributed by atoms with Crippen molar-refractivity contribution in [2.45, 2.75) is 19.4 Å². The van der Waals surface area contributed by atoms with Crippen molar-refractivity contribution in [2.75, 3.05) is 19.8 Å². The summed E-state index contributed by atoms with van der Waals surface area (Å²) in [5.74, 6) is -1.19. The van der Waals surface area contributed by atoms with Crippen LogP contribution in [0.1, 0.15) is 13.8 Å². The molecule has 1 unspecified atom stereocenters. The highest BCUT2D eigenvalue weighted by Crippen LogP contribution is 2.03. The molecule has 0 aliphatic carbocycles. The molecule has 7 heteroatoms. The molecule has 2 N–H and O–H groups in total. The van der Waals surface area contributed by atoms with Gasteiger partial charge in [0.1, 0.15) is 18.8 Å². The standard InChI is InChI=1S/C13H19NO6/c1-5-10(15)13(4,18)8-14-12(17)20-7-6-19-11(16)9(2)3/h5,18H,1-2,6-8H2,3-4H3,(H,14,17). The van der Waals surface area contributed by atoms with E-state index in [4.69, 9.17) is 4.74 Å². The Morgan fingerprint density at radius 1 is 1.30 bits per heavy atom. The molecule has 0 aliphatic heterocycles. The first-order chi connectivity index (χ1) is 9.20. The van der Waals surface area contributed by atoms with Crippen LogP contribution < -0.4 is 5.32 Å². The second-order valence-electron chi connectivity index (χ2n) is 4.25. The Hall–Kier alpha value is -2.15. The van der Waals surface area contributed by atoms with E-state index in [1.54, 1.807) is 0 Å². The first-order valence-corrected chi connectivity index (χ1v) is 5.83. The van der Waals surface area contributed by atoms with Crippen molar-refractivity contribution in [2.24, 2.45) is 0 Å². The molecule has 0 aromatic heterocycles. The summed E-state index contributed by atoms with van der Waals surface area (Å²) in [5, 5.41) is 11.9. The average molecular weight is 285 g/mol. The minimum atomic E-state index is -1.74. The summed E-state index contributed by atoms with van der Waals surface area (Å²) in [5.41, 5.74) is -1.50. The predicted octanol–water partition coefficient (Wildman–Crippen LogP) is 0.338. The molecule has 0 saturated carbocycles. The Kier molecular flexibility index (Phi) is 7.24. The molecule has 0 aliphatic rings. The van der Waals surface area contributed by atoms with Gasteiger partial charge in [-0.25, -0.2) is 9.59 Å². The van der Waals surface area contributed by atoms with E-state index in [-0.39, 0.29) is 25.3 Å². The normalized spacial score (nSPS) is 12.8. The highest BCUT2D eigenvalue weighted by atomic mass is 16.6. The summed E-state index contributed by atoms with van der Waals surface area (Å²) in [6.07, 6.45) is 0.123. The van der Waals surface area contributed by atoms with Gasteiger partial charge in [0.05, 0.1) is 6.54 Å². The number of amides is 1. The third-order valence-electron chi connectivity index (χ3n) is 2.19. The highest BCUT2D eigenvalue weighted by molar-refractivity contribution is 5.96. The zero-order valence-corrected chi connectivity index (χ0v) is 11.6. The molecule has 0 bridgehead atoms. The second kappa shape index (κ2) is 8.11. The van der Waals surface area contributed by atoms with Gasteiger partial charge < -0.3 is 19.9 Å². The monoisotopic (exact) mass is 285 g/mol. The van der Waals surface area contributed by atoms with Crippen molar-refractivity contribution in [1.29, 1.82) is 0 Å². The molecule has 0 fully saturated rings. The van der Waals surface area contributed by atoms with Gasteiger partial charge in [-0.2, -0.15) is 0 Å². The van der Waals surface area contributed by atoms with Crippen molar-refractivity contribution in [1.82, 2.24) is 5.32 Å². The summed E-state index contributed by atoms with van der Waals surface area (Å²) in [4.78, 5) is 33.5. The summed E-state index contributed by atoms with van der Waals surface area (Å²) in [6, 6.07) is 0. The second-order valence-corrected chi connectivity index (χ2v) is 4.25. The number of hydrogen-bond donors (Lipinski definition) is 2. The van der Waals surface area contributed by atoms with Gasteiger partial charge in [-0.15, -0.1) is 0 Å². The van der Waals surface area contributed by atoms with Gasteiger partial charge in [0.25, 0.3) is 0 Å². The van der Waals surface area contributed by atoms with Crippen LogP contribution in [0.2, 0.25) is 0 Å². The fourth-order valence-corrected chi connectivity index (χ4v) is 0.994. The molecular formula is C13H19NO6. The number of alkyl carbamates (subject to hydrolysis) is 1. The van der Waals surface area contributed by atoms with Crippen LogP contribution in [0.25, 0.3) is 0 Å². The van der Waals surface area contributed by atoms with Crippen LogP contribution in [0.4, 0.5) is 4.79 Å². The number of hydrogen-bond acceptors (Lipinski definition) is 6. The molecule has 0 radical (unpaired) electrons. The topological polar surface area (TPSA) is 102 Å². The number of esters is 1. The summed E-state index contributed by atoms with van der Waals surface area (Å²) in [6.45, 7) is 8.78. The molecule has 1 amide bonds. The van der Waals surface area contributed by atoms with Crippen LogP contribution >= 0.6 is 0 Å². The quantitative estimate of drug-likeness (QED) is 0.379. The molecular weight excluding hydrogens is 266 g/mol. The minimum Gasteiger partial charge on any atom is -0.459 e. The molecule has 0 aromatic carbocycles. The molecule has 20 heavy (non-hydrogen) atoms. The van der Waals surface area contributed by atoms with Crippen molar-refractivity contribution in [3.05, 3.63) is 24.8 Å².